The van der Waals surface area contributed by atoms with Gasteiger partial charge in [0, 0.05) is 41.2 Å². The number of hydrogen-bond donors (Lipinski definition) is 1. The molecule has 1 atom stereocenters. The molecule has 1 fully saturated rings. The van der Waals surface area contributed by atoms with Crippen LogP contribution in [0.5, 0.6) is 0 Å². The maximum Gasteiger partial charge on any atom is 0.293 e. The topological polar surface area (TPSA) is 104 Å². The number of quaternary nitrogens is 1. The smallest absolute Gasteiger partial charge is 0.293 e. The van der Waals surface area contributed by atoms with E-state index in [1.165, 1.54) is 4.90 Å². The van der Waals surface area contributed by atoms with Gasteiger partial charge in [-0.3, -0.25) is 10.1 Å². The molecule has 0 spiro atoms. The van der Waals surface area contributed by atoms with Crippen LogP contribution in [0.3, 0.4) is 0 Å². The zero-order valence-electron chi connectivity index (χ0n) is 19.8. The fraction of sp³-hybridized carbons (Fsp3) is 0.333. The summed E-state index contributed by atoms with van der Waals surface area (Å²) < 4.78 is 0. The summed E-state index contributed by atoms with van der Waals surface area (Å²) in [6, 6.07) is 12.6. The Morgan fingerprint density at radius 1 is 1.14 bits per heavy atom. The van der Waals surface area contributed by atoms with Gasteiger partial charge in [0.25, 0.3) is 5.69 Å². The maximum atomic E-state index is 12.2. The van der Waals surface area contributed by atoms with Crippen molar-refractivity contribution in [2.24, 2.45) is 0 Å². The standard InChI is InChI=1S/C27H28N4O4/c1-2-29-16-19(26-21(17-29)25(27(32)33)20-8-4-5-9-22(20)28-26)14-18-10-11-23(24(15-18)31(34)35)30-12-6-3-7-13-30/h4-5,8-11,14-15H,2-3,6-7,12-13,16-17H2,1H3,(H,32,33)/b19-14+. The number of nitro benzene ring substituents is 1. The molecule has 0 aliphatic carbocycles. The summed E-state index contributed by atoms with van der Waals surface area (Å²) in [4.78, 5) is 32.0. The molecule has 0 radical (unpaired) electrons. The number of rotatable bonds is 5. The first-order valence-corrected chi connectivity index (χ1v) is 12.2. The Labute approximate surface area is 203 Å². The van der Waals surface area contributed by atoms with E-state index in [1.807, 2.05) is 24.3 Å². The monoisotopic (exact) mass is 472 g/mol. The summed E-state index contributed by atoms with van der Waals surface area (Å²) in [6.07, 6.45) is 5.15. The van der Waals surface area contributed by atoms with Gasteiger partial charge in [-0.1, -0.05) is 24.3 Å². The van der Waals surface area contributed by atoms with Crippen LogP contribution >= 0.6 is 0 Å². The fourth-order valence-electron chi connectivity index (χ4n) is 5.34. The second-order valence-electron chi connectivity index (χ2n) is 9.30. The van der Waals surface area contributed by atoms with Gasteiger partial charge in [-0.2, -0.15) is 0 Å². The summed E-state index contributed by atoms with van der Waals surface area (Å²) in [7, 11) is 0. The lowest BCUT2D eigenvalue weighted by atomic mass is 9.92. The minimum atomic E-state index is -1.21. The lowest BCUT2D eigenvalue weighted by Crippen LogP contribution is -3.11. The van der Waals surface area contributed by atoms with Gasteiger partial charge < -0.3 is 19.7 Å². The number of pyridine rings is 1. The number of fused-ring (bicyclic) bond motifs is 2. The van der Waals surface area contributed by atoms with Crippen molar-refractivity contribution in [2.45, 2.75) is 32.7 Å². The Hall–Kier alpha value is -3.78. The first-order valence-electron chi connectivity index (χ1n) is 12.2. The molecule has 2 aliphatic rings. The van der Waals surface area contributed by atoms with Crippen molar-refractivity contribution in [2.75, 3.05) is 31.1 Å². The van der Waals surface area contributed by atoms with Gasteiger partial charge >= 0.3 is 0 Å². The normalized spacial score (nSPS) is 19.1. The van der Waals surface area contributed by atoms with Gasteiger partial charge in [-0.05, 0) is 50.0 Å². The number of carbonyl (C=O) groups is 1. The molecule has 8 heteroatoms. The van der Waals surface area contributed by atoms with Gasteiger partial charge in [0.15, 0.2) is 0 Å². The molecule has 5 rings (SSSR count). The second-order valence-corrected chi connectivity index (χ2v) is 9.30. The van der Waals surface area contributed by atoms with Crippen LogP contribution in [0.25, 0.3) is 22.6 Å². The highest BCUT2D eigenvalue weighted by Gasteiger charge is 2.29. The summed E-state index contributed by atoms with van der Waals surface area (Å²) in [6.45, 7) is 5.72. The Kier molecular flexibility index (Phi) is 6.21. The van der Waals surface area contributed by atoms with Crippen LogP contribution in [0.2, 0.25) is 0 Å². The number of likely N-dealkylation sites (N-methyl/N-ethyl adjacent to an activating group) is 1. The van der Waals surface area contributed by atoms with E-state index in [1.54, 1.807) is 24.3 Å². The number of carbonyl (C=O) groups excluding carboxylic acids is 1. The minimum Gasteiger partial charge on any atom is -0.545 e. The summed E-state index contributed by atoms with van der Waals surface area (Å²) in [5.41, 5.74) is 4.43. The molecule has 1 saturated heterocycles. The second kappa shape index (κ2) is 9.46. The summed E-state index contributed by atoms with van der Waals surface area (Å²) >= 11 is 0. The number of aromatic carboxylic acids is 1. The number of carboxylic acids is 1. The highest BCUT2D eigenvalue weighted by molar-refractivity contribution is 6.05. The van der Waals surface area contributed by atoms with E-state index >= 15 is 0 Å². The van der Waals surface area contributed by atoms with Crippen molar-refractivity contribution in [3.05, 3.63) is 75.0 Å². The number of benzene rings is 2. The molecule has 2 aromatic carbocycles. The van der Waals surface area contributed by atoms with E-state index in [9.17, 15) is 20.0 Å². The quantitative estimate of drug-likeness (QED) is 0.452. The number of nitro groups is 1. The van der Waals surface area contributed by atoms with Gasteiger partial charge in [0.2, 0.25) is 0 Å². The molecule has 0 amide bonds. The third-order valence-electron chi connectivity index (χ3n) is 7.10. The Bertz CT molecular complexity index is 1340. The highest BCUT2D eigenvalue weighted by Crippen LogP contribution is 2.34. The maximum absolute atomic E-state index is 12.2. The van der Waals surface area contributed by atoms with Crippen LogP contribution < -0.4 is 14.9 Å². The lowest BCUT2D eigenvalue weighted by molar-refractivity contribution is -0.905. The fourth-order valence-corrected chi connectivity index (χ4v) is 5.34. The van der Waals surface area contributed by atoms with Crippen molar-refractivity contribution < 1.29 is 19.7 Å². The van der Waals surface area contributed by atoms with Crippen molar-refractivity contribution in [3.8, 4) is 0 Å². The number of nitrogens with one attached hydrogen (secondary N) is 1. The average molecular weight is 473 g/mol. The number of aromatic nitrogens is 1. The van der Waals surface area contributed by atoms with E-state index < -0.39 is 5.97 Å². The molecule has 3 heterocycles. The molecule has 1 aromatic heterocycles. The first-order chi connectivity index (χ1) is 17.0. The van der Waals surface area contributed by atoms with E-state index in [-0.39, 0.29) is 16.2 Å². The number of piperidine rings is 1. The third kappa shape index (κ3) is 4.37. The molecule has 1 N–H and O–H groups in total. The average Bonchev–Trinajstić information content (AvgIpc) is 2.87. The predicted molar refractivity (Wildman–Crippen MR) is 133 cm³/mol. The molecular weight excluding hydrogens is 444 g/mol. The van der Waals surface area contributed by atoms with E-state index in [0.717, 1.165) is 44.5 Å². The Balaban J connectivity index is 1.64. The third-order valence-corrected chi connectivity index (χ3v) is 7.10. The van der Waals surface area contributed by atoms with Crippen LogP contribution in [-0.4, -0.2) is 42.1 Å². The first kappa shape index (κ1) is 23.0. The molecule has 1 unspecified atom stereocenters. The lowest BCUT2D eigenvalue weighted by Gasteiger charge is -2.29. The van der Waals surface area contributed by atoms with Crippen molar-refractivity contribution in [1.82, 2.24) is 4.98 Å². The Morgan fingerprint density at radius 3 is 2.63 bits per heavy atom. The van der Waals surface area contributed by atoms with E-state index in [0.29, 0.717) is 46.5 Å². The van der Waals surface area contributed by atoms with Crippen LogP contribution in [-0.2, 0) is 6.54 Å². The molecule has 180 valence electrons. The zero-order chi connectivity index (χ0) is 24.5. The van der Waals surface area contributed by atoms with Crippen LogP contribution in [0.1, 0.15) is 53.4 Å². The van der Waals surface area contributed by atoms with Crippen LogP contribution in [0, 0.1) is 10.1 Å². The number of para-hydroxylation sites is 1. The summed E-state index contributed by atoms with van der Waals surface area (Å²) in [5, 5.41) is 24.7. The molecule has 35 heavy (non-hydrogen) atoms. The Morgan fingerprint density at radius 2 is 1.91 bits per heavy atom. The van der Waals surface area contributed by atoms with Gasteiger partial charge in [-0.15, -0.1) is 0 Å². The predicted octanol–water partition coefficient (Wildman–Crippen LogP) is 2.46. The van der Waals surface area contributed by atoms with Crippen molar-refractivity contribution in [3.63, 3.8) is 0 Å². The number of hydrogen-bond acceptors (Lipinski definition) is 6. The number of nitrogens with zero attached hydrogens (tertiary/aromatic N) is 3. The van der Waals surface area contributed by atoms with Crippen LogP contribution in [0.4, 0.5) is 11.4 Å². The number of anilines is 1. The van der Waals surface area contributed by atoms with E-state index in [2.05, 4.69) is 11.8 Å². The van der Waals surface area contributed by atoms with Gasteiger partial charge in [0.1, 0.15) is 18.8 Å². The molecular formula is C27H28N4O4. The largest absolute Gasteiger partial charge is 0.545 e. The van der Waals surface area contributed by atoms with Gasteiger partial charge in [-0.25, -0.2) is 4.98 Å². The van der Waals surface area contributed by atoms with E-state index in [4.69, 9.17) is 4.98 Å². The zero-order valence-corrected chi connectivity index (χ0v) is 19.8. The molecule has 0 bridgehead atoms. The summed E-state index contributed by atoms with van der Waals surface area (Å²) in [5.74, 6) is -1.21. The highest BCUT2D eigenvalue weighted by atomic mass is 16.6. The molecule has 2 aliphatic heterocycles. The molecule has 3 aromatic rings. The molecule has 8 nitrogen and oxygen atoms in total. The van der Waals surface area contributed by atoms with Crippen molar-refractivity contribution in [1.29, 1.82) is 0 Å². The van der Waals surface area contributed by atoms with Crippen LogP contribution in [0.15, 0.2) is 42.5 Å². The van der Waals surface area contributed by atoms with Crippen molar-refractivity contribution >= 4 is 39.9 Å². The minimum absolute atomic E-state index is 0.0962. The SMILES string of the molecule is CC[NH+]1C/C(=C\c2ccc(N3CCCCC3)c([N+](=O)[O-])c2)c2nc3ccccc3c(C(=O)[O-])c2C1. The molecule has 0 saturated carbocycles. The number of carboxylic acid groups (broad SMARTS) is 1. The van der Waals surface area contributed by atoms with Gasteiger partial charge in [0.05, 0.1) is 28.6 Å².